The molecule has 0 heterocycles. The first-order valence-electron chi connectivity index (χ1n) is 8.13. The van der Waals surface area contributed by atoms with Gasteiger partial charge in [-0.3, -0.25) is 0 Å². The Labute approximate surface area is 125 Å². The van der Waals surface area contributed by atoms with Crippen molar-refractivity contribution in [1.82, 2.24) is 10.2 Å². The number of hydrogen-bond donors (Lipinski definition) is 1. The van der Waals surface area contributed by atoms with E-state index in [2.05, 4.69) is 68.4 Å². The summed E-state index contributed by atoms with van der Waals surface area (Å²) < 4.78 is 0. The topological polar surface area (TPSA) is 15.3 Å². The first kappa shape index (κ1) is 17.2. The molecule has 1 N–H and O–H groups in total. The lowest BCUT2D eigenvalue weighted by atomic mass is 9.85. The lowest BCUT2D eigenvalue weighted by molar-refractivity contribution is 0.272. The van der Waals surface area contributed by atoms with Crippen molar-refractivity contribution >= 4 is 0 Å². The minimum atomic E-state index is 0.636. The third-order valence-electron chi connectivity index (χ3n) is 4.16. The molecule has 0 spiro atoms. The van der Waals surface area contributed by atoms with Crippen LogP contribution < -0.4 is 5.32 Å². The van der Waals surface area contributed by atoms with Crippen LogP contribution in [0.15, 0.2) is 30.3 Å². The van der Waals surface area contributed by atoms with Gasteiger partial charge in [0.05, 0.1) is 0 Å². The molecular weight excluding hydrogens is 244 g/mol. The molecule has 114 valence electrons. The van der Waals surface area contributed by atoms with Gasteiger partial charge in [-0.25, -0.2) is 0 Å². The summed E-state index contributed by atoms with van der Waals surface area (Å²) in [4.78, 5) is 2.46. The van der Waals surface area contributed by atoms with Gasteiger partial charge in [0.15, 0.2) is 0 Å². The third-order valence-corrected chi connectivity index (χ3v) is 4.16. The Bertz CT molecular complexity index is 337. The van der Waals surface area contributed by atoms with Crippen molar-refractivity contribution in [3.63, 3.8) is 0 Å². The van der Waals surface area contributed by atoms with E-state index in [0.29, 0.717) is 5.92 Å². The highest BCUT2D eigenvalue weighted by Crippen LogP contribution is 2.27. The highest BCUT2D eigenvalue weighted by Gasteiger charge is 2.19. The van der Waals surface area contributed by atoms with Crippen molar-refractivity contribution in [2.24, 2.45) is 5.92 Å². The van der Waals surface area contributed by atoms with Gasteiger partial charge in [0.1, 0.15) is 0 Å². The number of hydrogen-bond acceptors (Lipinski definition) is 2. The lowest BCUT2D eigenvalue weighted by Gasteiger charge is -2.28. The van der Waals surface area contributed by atoms with E-state index >= 15 is 0 Å². The quantitative estimate of drug-likeness (QED) is 0.655. The van der Waals surface area contributed by atoms with Gasteiger partial charge < -0.3 is 10.2 Å². The molecular formula is C18H32N2. The number of nitrogens with one attached hydrogen (secondary N) is 1. The summed E-state index contributed by atoms with van der Waals surface area (Å²) >= 11 is 0. The Morgan fingerprint density at radius 1 is 1.10 bits per heavy atom. The van der Waals surface area contributed by atoms with Crippen LogP contribution in [0.1, 0.15) is 45.1 Å². The van der Waals surface area contributed by atoms with Crippen LogP contribution in [0.4, 0.5) is 0 Å². The summed E-state index contributed by atoms with van der Waals surface area (Å²) in [7, 11) is 2.24. The minimum absolute atomic E-state index is 0.636. The molecule has 2 heteroatoms. The van der Waals surface area contributed by atoms with Gasteiger partial charge in [-0.15, -0.1) is 0 Å². The molecule has 0 radical (unpaired) electrons. The molecule has 0 fully saturated rings. The summed E-state index contributed by atoms with van der Waals surface area (Å²) in [5.74, 6) is 1.36. The molecule has 0 amide bonds. The minimum Gasteiger partial charge on any atom is -0.315 e. The van der Waals surface area contributed by atoms with Crippen LogP contribution in [-0.4, -0.2) is 38.1 Å². The zero-order valence-electron chi connectivity index (χ0n) is 13.7. The monoisotopic (exact) mass is 276 g/mol. The van der Waals surface area contributed by atoms with Crippen molar-refractivity contribution in [3.8, 4) is 0 Å². The van der Waals surface area contributed by atoms with E-state index in [0.717, 1.165) is 32.1 Å². The molecule has 2 unspecified atom stereocenters. The average Bonchev–Trinajstić information content (AvgIpc) is 2.49. The second-order valence-corrected chi connectivity index (χ2v) is 5.91. The van der Waals surface area contributed by atoms with E-state index in [4.69, 9.17) is 0 Å². The molecule has 0 aliphatic rings. The second-order valence-electron chi connectivity index (χ2n) is 5.91. The number of benzene rings is 1. The molecule has 2 nitrogen and oxygen atoms in total. The van der Waals surface area contributed by atoms with Crippen LogP contribution in [0, 0.1) is 5.92 Å². The Balaban J connectivity index is 2.53. The van der Waals surface area contributed by atoms with E-state index in [1.165, 1.54) is 18.4 Å². The van der Waals surface area contributed by atoms with E-state index < -0.39 is 0 Å². The fourth-order valence-corrected chi connectivity index (χ4v) is 2.60. The summed E-state index contributed by atoms with van der Waals surface area (Å²) in [6, 6.07) is 11.0. The smallest absolute Gasteiger partial charge is 0.0104 e. The van der Waals surface area contributed by atoms with Gasteiger partial charge in [-0.2, -0.15) is 0 Å². The molecule has 0 aliphatic carbocycles. The summed E-state index contributed by atoms with van der Waals surface area (Å²) in [6.45, 7) is 11.4. The molecule has 0 bridgehead atoms. The fraction of sp³-hybridized carbons (Fsp3) is 0.667. The van der Waals surface area contributed by atoms with Gasteiger partial charge in [0.25, 0.3) is 0 Å². The third kappa shape index (κ3) is 6.06. The molecule has 1 rings (SSSR count). The Morgan fingerprint density at radius 3 is 2.40 bits per heavy atom. The van der Waals surface area contributed by atoms with E-state index in [9.17, 15) is 0 Å². The molecule has 1 aromatic carbocycles. The van der Waals surface area contributed by atoms with Crippen LogP contribution >= 0.6 is 0 Å². The van der Waals surface area contributed by atoms with Crippen LogP contribution in [-0.2, 0) is 0 Å². The molecule has 20 heavy (non-hydrogen) atoms. The molecule has 0 aliphatic heterocycles. The maximum atomic E-state index is 3.48. The van der Waals surface area contributed by atoms with Crippen LogP contribution in [0.2, 0.25) is 0 Å². The first-order valence-corrected chi connectivity index (χ1v) is 8.13. The van der Waals surface area contributed by atoms with E-state index in [1.54, 1.807) is 0 Å². The van der Waals surface area contributed by atoms with Crippen LogP contribution in [0.3, 0.4) is 0 Å². The molecule has 2 atom stereocenters. The fourth-order valence-electron chi connectivity index (χ4n) is 2.60. The number of rotatable bonds is 10. The highest BCUT2D eigenvalue weighted by atomic mass is 15.1. The molecule has 1 aromatic rings. The van der Waals surface area contributed by atoms with E-state index in [-0.39, 0.29) is 0 Å². The lowest BCUT2D eigenvalue weighted by Crippen LogP contribution is -2.34. The SMILES string of the molecule is CCCNCCN(C)CC(c1ccccc1)C(C)CC. The normalized spacial score (nSPS) is 14.4. The number of likely N-dealkylation sites (N-methyl/N-ethyl adjacent to an activating group) is 1. The zero-order chi connectivity index (χ0) is 14.8. The molecule has 0 saturated heterocycles. The standard InChI is InChI=1S/C18H32N2/c1-5-12-19-13-14-20(4)15-18(16(3)6-2)17-10-8-7-9-11-17/h7-11,16,18-19H,5-6,12-15H2,1-4H3. The van der Waals surface area contributed by atoms with Crippen LogP contribution in [0.5, 0.6) is 0 Å². The van der Waals surface area contributed by atoms with Crippen molar-refractivity contribution < 1.29 is 0 Å². The highest BCUT2D eigenvalue weighted by molar-refractivity contribution is 5.20. The summed E-state index contributed by atoms with van der Waals surface area (Å²) in [5.41, 5.74) is 1.48. The van der Waals surface area contributed by atoms with Gasteiger partial charge in [0, 0.05) is 19.6 Å². The Kier molecular flexibility index (Phi) is 8.56. The number of nitrogens with zero attached hydrogens (tertiary/aromatic N) is 1. The summed E-state index contributed by atoms with van der Waals surface area (Å²) in [5, 5.41) is 3.48. The predicted molar refractivity (Wildman–Crippen MR) is 89.3 cm³/mol. The van der Waals surface area contributed by atoms with Gasteiger partial charge >= 0.3 is 0 Å². The van der Waals surface area contributed by atoms with Crippen molar-refractivity contribution in [2.45, 2.75) is 39.5 Å². The molecule has 0 aromatic heterocycles. The molecule has 0 saturated carbocycles. The first-order chi connectivity index (χ1) is 9.69. The Morgan fingerprint density at radius 2 is 1.80 bits per heavy atom. The van der Waals surface area contributed by atoms with Gasteiger partial charge in [-0.1, -0.05) is 57.5 Å². The maximum absolute atomic E-state index is 3.48. The average molecular weight is 276 g/mol. The summed E-state index contributed by atoms with van der Waals surface area (Å²) in [6.07, 6.45) is 2.45. The Hall–Kier alpha value is -0.860. The second kappa shape index (κ2) is 9.95. The van der Waals surface area contributed by atoms with Crippen molar-refractivity contribution in [1.29, 1.82) is 0 Å². The van der Waals surface area contributed by atoms with Gasteiger partial charge in [-0.05, 0) is 37.4 Å². The van der Waals surface area contributed by atoms with Crippen LogP contribution in [0.25, 0.3) is 0 Å². The zero-order valence-corrected chi connectivity index (χ0v) is 13.7. The predicted octanol–water partition coefficient (Wildman–Crippen LogP) is 3.75. The van der Waals surface area contributed by atoms with Crippen molar-refractivity contribution in [3.05, 3.63) is 35.9 Å². The largest absolute Gasteiger partial charge is 0.315 e. The van der Waals surface area contributed by atoms with E-state index in [1.807, 2.05) is 0 Å². The maximum Gasteiger partial charge on any atom is 0.0104 e. The van der Waals surface area contributed by atoms with Crippen molar-refractivity contribution in [2.75, 3.05) is 33.2 Å². The van der Waals surface area contributed by atoms with Gasteiger partial charge in [0.2, 0.25) is 0 Å².